The van der Waals surface area contributed by atoms with Crippen molar-refractivity contribution in [1.82, 2.24) is 14.9 Å². The molecule has 1 aromatic carbocycles. The lowest BCUT2D eigenvalue weighted by atomic mass is 10.1. The zero-order valence-electron chi connectivity index (χ0n) is 10.8. The van der Waals surface area contributed by atoms with Gasteiger partial charge in [-0.25, -0.2) is 4.98 Å². The van der Waals surface area contributed by atoms with Crippen LogP contribution in [0.25, 0.3) is 11.0 Å². The quantitative estimate of drug-likeness (QED) is 0.903. The molecule has 18 heavy (non-hydrogen) atoms. The van der Waals surface area contributed by atoms with Gasteiger partial charge in [0, 0.05) is 24.5 Å². The molecule has 1 aliphatic heterocycles. The number of imidazole rings is 1. The summed E-state index contributed by atoms with van der Waals surface area (Å²) in [5.41, 5.74) is 3.29. The Balaban J connectivity index is 2.02. The number of benzene rings is 1. The van der Waals surface area contributed by atoms with Gasteiger partial charge in [-0.3, -0.25) is 0 Å². The van der Waals surface area contributed by atoms with E-state index >= 15 is 0 Å². The minimum atomic E-state index is 0.580. The number of halogens is 1. The fourth-order valence-corrected chi connectivity index (χ4v) is 2.90. The fraction of sp³-hybridized carbons (Fsp3) is 0.500. The Morgan fingerprint density at radius 3 is 3.06 bits per heavy atom. The van der Waals surface area contributed by atoms with Crippen LogP contribution in [0.5, 0.6) is 0 Å². The van der Waals surface area contributed by atoms with E-state index in [2.05, 4.69) is 23.0 Å². The van der Waals surface area contributed by atoms with Crippen LogP contribution in [0.15, 0.2) is 12.1 Å². The number of hydrogen-bond acceptors (Lipinski definition) is 2. The van der Waals surface area contributed by atoms with Crippen LogP contribution >= 0.6 is 11.6 Å². The molecule has 1 unspecified atom stereocenters. The highest BCUT2D eigenvalue weighted by atomic mass is 35.5. The minimum absolute atomic E-state index is 0.580. The molecule has 0 spiro atoms. The van der Waals surface area contributed by atoms with Crippen LogP contribution in [0, 0.1) is 6.92 Å². The number of hydrogen-bond donors (Lipinski definition) is 1. The summed E-state index contributed by atoms with van der Waals surface area (Å²) in [5, 5.41) is 4.32. The van der Waals surface area contributed by atoms with Crippen molar-refractivity contribution in [3.05, 3.63) is 28.5 Å². The maximum absolute atomic E-state index is 6.16. The second-order valence-corrected chi connectivity index (χ2v) is 5.53. The molecular weight excluding hydrogens is 246 g/mol. The Kier molecular flexibility index (Phi) is 3.04. The normalized spacial score (nSPS) is 19.8. The number of fused-ring (bicyclic) bond motifs is 1. The Hall–Kier alpha value is -1.06. The summed E-state index contributed by atoms with van der Waals surface area (Å²) in [6, 6.07) is 4.60. The molecule has 1 aromatic heterocycles. The van der Waals surface area contributed by atoms with Crippen molar-refractivity contribution >= 4 is 22.6 Å². The van der Waals surface area contributed by atoms with Crippen LogP contribution in [0.3, 0.4) is 0 Å². The van der Waals surface area contributed by atoms with E-state index in [0.29, 0.717) is 6.04 Å². The van der Waals surface area contributed by atoms with E-state index < -0.39 is 0 Å². The number of rotatable bonds is 2. The second kappa shape index (κ2) is 4.56. The molecule has 1 N–H and O–H groups in total. The van der Waals surface area contributed by atoms with Gasteiger partial charge in [-0.05, 0) is 44.0 Å². The van der Waals surface area contributed by atoms with Gasteiger partial charge >= 0.3 is 0 Å². The van der Waals surface area contributed by atoms with Crippen LogP contribution in [0.1, 0.15) is 24.2 Å². The van der Waals surface area contributed by atoms with E-state index in [1.54, 1.807) is 0 Å². The highest BCUT2D eigenvalue weighted by molar-refractivity contribution is 6.32. The van der Waals surface area contributed by atoms with Crippen molar-refractivity contribution in [1.29, 1.82) is 0 Å². The van der Waals surface area contributed by atoms with Gasteiger partial charge < -0.3 is 9.88 Å². The molecule has 1 fully saturated rings. The predicted molar refractivity (Wildman–Crippen MR) is 75.2 cm³/mol. The van der Waals surface area contributed by atoms with Gasteiger partial charge in [-0.15, -0.1) is 0 Å². The van der Waals surface area contributed by atoms with E-state index in [4.69, 9.17) is 16.6 Å². The average Bonchev–Trinajstić information content (AvgIpc) is 2.95. The lowest BCUT2D eigenvalue weighted by Crippen LogP contribution is -2.25. The second-order valence-electron chi connectivity index (χ2n) is 5.12. The standard InChI is InChI=1S/C14H18ClN3/c1-9-11(15)5-6-12-14(9)17-13(18(12)2)8-10-4-3-7-16-10/h5-6,10,16H,3-4,7-8H2,1-2H3. The summed E-state index contributed by atoms with van der Waals surface area (Å²) in [5.74, 6) is 1.15. The Labute approximate surface area is 112 Å². The molecule has 1 atom stereocenters. The summed E-state index contributed by atoms with van der Waals surface area (Å²) in [7, 11) is 2.09. The van der Waals surface area contributed by atoms with Crippen molar-refractivity contribution in [2.24, 2.45) is 7.05 Å². The average molecular weight is 264 g/mol. The molecule has 3 rings (SSSR count). The first-order valence-corrected chi connectivity index (χ1v) is 6.88. The third-order valence-electron chi connectivity index (χ3n) is 3.92. The lowest BCUT2D eigenvalue weighted by Gasteiger charge is -2.09. The van der Waals surface area contributed by atoms with Crippen LogP contribution in [-0.4, -0.2) is 22.1 Å². The molecule has 4 heteroatoms. The van der Waals surface area contributed by atoms with Gasteiger partial charge in [0.25, 0.3) is 0 Å². The maximum atomic E-state index is 6.16. The van der Waals surface area contributed by atoms with Crippen molar-refractivity contribution in [3.8, 4) is 0 Å². The first-order chi connectivity index (χ1) is 8.66. The van der Waals surface area contributed by atoms with Crippen molar-refractivity contribution in [2.75, 3.05) is 6.54 Å². The Morgan fingerprint density at radius 1 is 1.50 bits per heavy atom. The molecule has 1 saturated heterocycles. The monoisotopic (exact) mass is 263 g/mol. The highest BCUT2D eigenvalue weighted by Gasteiger charge is 2.18. The van der Waals surface area contributed by atoms with Crippen molar-refractivity contribution in [3.63, 3.8) is 0 Å². The topological polar surface area (TPSA) is 29.9 Å². The molecule has 0 amide bonds. The molecule has 0 bridgehead atoms. The minimum Gasteiger partial charge on any atom is -0.331 e. The van der Waals surface area contributed by atoms with Crippen LogP contribution < -0.4 is 5.32 Å². The zero-order valence-corrected chi connectivity index (χ0v) is 11.6. The summed E-state index contributed by atoms with van der Waals surface area (Å²) >= 11 is 6.16. The van der Waals surface area contributed by atoms with Crippen molar-refractivity contribution < 1.29 is 0 Å². The third-order valence-corrected chi connectivity index (χ3v) is 4.33. The van der Waals surface area contributed by atoms with Gasteiger partial charge in [-0.1, -0.05) is 11.6 Å². The van der Waals surface area contributed by atoms with E-state index in [9.17, 15) is 0 Å². The van der Waals surface area contributed by atoms with Gasteiger partial charge in [0.15, 0.2) is 0 Å². The molecule has 0 saturated carbocycles. The molecule has 0 radical (unpaired) electrons. The van der Waals surface area contributed by atoms with Gasteiger partial charge in [-0.2, -0.15) is 0 Å². The highest BCUT2D eigenvalue weighted by Crippen LogP contribution is 2.26. The first-order valence-electron chi connectivity index (χ1n) is 6.50. The SMILES string of the molecule is Cc1c(Cl)ccc2c1nc(CC1CCCN1)n2C. The Bertz CT molecular complexity index is 582. The van der Waals surface area contributed by atoms with Gasteiger partial charge in [0.2, 0.25) is 0 Å². The molecule has 0 aliphatic carbocycles. The van der Waals surface area contributed by atoms with Crippen molar-refractivity contribution in [2.45, 2.75) is 32.2 Å². The lowest BCUT2D eigenvalue weighted by molar-refractivity contribution is 0.575. The van der Waals surface area contributed by atoms with Crippen LogP contribution in [-0.2, 0) is 13.5 Å². The van der Waals surface area contributed by atoms with E-state index in [1.165, 1.54) is 18.4 Å². The smallest absolute Gasteiger partial charge is 0.111 e. The summed E-state index contributed by atoms with van der Waals surface area (Å²) in [4.78, 5) is 4.77. The molecule has 96 valence electrons. The largest absolute Gasteiger partial charge is 0.331 e. The fourth-order valence-electron chi connectivity index (χ4n) is 2.75. The Morgan fingerprint density at radius 2 is 2.33 bits per heavy atom. The number of nitrogens with one attached hydrogen (secondary N) is 1. The number of aromatic nitrogens is 2. The van der Waals surface area contributed by atoms with E-state index in [1.807, 2.05) is 13.0 Å². The van der Waals surface area contributed by atoms with Gasteiger partial charge in [0.05, 0.1) is 11.0 Å². The maximum Gasteiger partial charge on any atom is 0.111 e. The van der Waals surface area contributed by atoms with E-state index in [-0.39, 0.29) is 0 Å². The predicted octanol–water partition coefficient (Wildman–Crippen LogP) is 2.83. The summed E-state index contributed by atoms with van der Waals surface area (Å²) in [6.45, 7) is 3.18. The van der Waals surface area contributed by atoms with Gasteiger partial charge in [0.1, 0.15) is 5.82 Å². The summed E-state index contributed by atoms with van der Waals surface area (Å²) in [6.07, 6.45) is 3.53. The zero-order chi connectivity index (χ0) is 12.7. The first kappa shape index (κ1) is 12.0. The van der Waals surface area contributed by atoms with E-state index in [0.717, 1.165) is 34.9 Å². The molecule has 2 heterocycles. The number of nitrogens with zero attached hydrogens (tertiary/aromatic N) is 2. The molecular formula is C14H18ClN3. The number of aryl methyl sites for hydroxylation is 2. The van der Waals surface area contributed by atoms with Crippen LogP contribution in [0.2, 0.25) is 5.02 Å². The molecule has 3 nitrogen and oxygen atoms in total. The molecule has 2 aromatic rings. The summed E-state index contributed by atoms with van der Waals surface area (Å²) < 4.78 is 2.19. The van der Waals surface area contributed by atoms with Crippen LogP contribution in [0.4, 0.5) is 0 Å². The molecule has 1 aliphatic rings. The third kappa shape index (κ3) is 1.91.